The minimum absolute atomic E-state index is 0.0735. The van der Waals surface area contributed by atoms with Crippen LogP contribution in [0, 0.1) is 11.8 Å². The smallest absolute Gasteiger partial charge is 0.336 e. The summed E-state index contributed by atoms with van der Waals surface area (Å²) in [7, 11) is 0. The fraction of sp³-hybridized carbons (Fsp3) is 0.524. The molecular formula is C21H29NO4S. The van der Waals surface area contributed by atoms with Crippen molar-refractivity contribution in [2.75, 3.05) is 13.2 Å². The quantitative estimate of drug-likeness (QED) is 0.699. The molecular weight excluding hydrogens is 362 g/mol. The van der Waals surface area contributed by atoms with Crippen LogP contribution in [0.3, 0.4) is 0 Å². The molecule has 1 aromatic heterocycles. The van der Waals surface area contributed by atoms with Gasteiger partial charge in [0.05, 0.1) is 30.3 Å². The third-order valence-electron chi connectivity index (χ3n) is 4.40. The third-order valence-corrected chi connectivity index (χ3v) is 5.34. The van der Waals surface area contributed by atoms with Crippen molar-refractivity contribution in [1.29, 1.82) is 0 Å². The second kappa shape index (κ2) is 9.22. The molecule has 0 aromatic carbocycles. The lowest BCUT2D eigenvalue weighted by Crippen LogP contribution is -2.37. The van der Waals surface area contributed by atoms with E-state index in [0.29, 0.717) is 11.1 Å². The van der Waals surface area contributed by atoms with Gasteiger partial charge in [-0.1, -0.05) is 33.8 Å². The van der Waals surface area contributed by atoms with Gasteiger partial charge in [-0.05, 0) is 37.1 Å². The van der Waals surface area contributed by atoms with Crippen LogP contribution in [0.4, 0.5) is 0 Å². The lowest BCUT2D eigenvalue weighted by atomic mass is 9.80. The molecule has 0 fully saturated rings. The van der Waals surface area contributed by atoms with Crippen molar-refractivity contribution in [2.24, 2.45) is 11.8 Å². The van der Waals surface area contributed by atoms with Crippen molar-refractivity contribution in [3.63, 3.8) is 0 Å². The Hall–Kier alpha value is -2.08. The third kappa shape index (κ3) is 4.43. The number of esters is 2. The molecule has 5 nitrogen and oxygen atoms in total. The molecule has 2 heterocycles. The lowest BCUT2D eigenvalue weighted by Gasteiger charge is -2.34. The van der Waals surface area contributed by atoms with Gasteiger partial charge in [0.25, 0.3) is 0 Å². The minimum Gasteiger partial charge on any atom is -0.463 e. The number of carbonyl (C=O) groups is 2. The Bertz CT molecular complexity index is 698. The number of thiophene rings is 1. The monoisotopic (exact) mass is 391 g/mol. The van der Waals surface area contributed by atoms with Crippen LogP contribution in [0.15, 0.2) is 40.1 Å². The van der Waals surface area contributed by atoms with E-state index >= 15 is 0 Å². The lowest BCUT2D eigenvalue weighted by molar-refractivity contribution is -0.139. The molecule has 0 amide bonds. The molecule has 0 atom stereocenters. The maximum absolute atomic E-state index is 12.9. The molecule has 1 aromatic rings. The molecule has 0 saturated carbocycles. The molecule has 0 radical (unpaired) electrons. The Labute approximate surface area is 165 Å². The fourth-order valence-electron chi connectivity index (χ4n) is 3.26. The molecule has 1 N–H and O–H groups in total. The van der Waals surface area contributed by atoms with Crippen molar-refractivity contribution < 1.29 is 19.1 Å². The number of rotatable bonds is 7. The first kappa shape index (κ1) is 21.2. The average molecular weight is 392 g/mol. The summed E-state index contributed by atoms with van der Waals surface area (Å²) in [5.74, 6) is -1.12. The Morgan fingerprint density at radius 1 is 1.00 bits per heavy atom. The fourth-order valence-corrected chi connectivity index (χ4v) is 4.10. The first-order valence-corrected chi connectivity index (χ1v) is 10.3. The van der Waals surface area contributed by atoms with Gasteiger partial charge in [-0.3, -0.25) is 0 Å². The number of ether oxygens (including phenoxy) is 2. The Balaban J connectivity index is 2.76. The number of hydrogen-bond acceptors (Lipinski definition) is 6. The van der Waals surface area contributed by atoms with E-state index in [-0.39, 0.29) is 25.0 Å². The van der Waals surface area contributed by atoms with E-state index < -0.39 is 17.9 Å². The van der Waals surface area contributed by atoms with Crippen LogP contribution in [0.25, 0.3) is 0 Å². The molecule has 0 saturated heterocycles. The number of dihydropyridines is 1. The average Bonchev–Trinajstić information content (AvgIpc) is 3.14. The topological polar surface area (TPSA) is 64.6 Å². The first-order valence-electron chi connectivity index (χ1n) is 9.46. The second-order valence-corrected chi connectivity index (χ2v) is 7.96. The van der Waals surface area contributed by atoms with Gasteiger partial charge in [-0.2, -0.15) is 0 Å². The van der Waals surface area contributed by atoms with Gasteiger partial charge in [-0.25, -0.2) is 9.59 Å². The summed E-state index contributed by atoms with van der Waals surface area (Å²) in [6, 6.07) is 3.88. The largest absolute Gasteiger partial charge is 0.463 e. The number of hydrogen-bond donors (Lipinski definition) is 1. The molecule has 6 heteroatoms. The molecule has 2 rings (SSSR count). The number of nitrogens with one attached hydrogen (secondary N) is 1. The maximum atomic E-state index is 12.9. The first-order chi connectivity index (χ1) is 12.8. The summed E-state index contributed by atoms with van der Waals surface area (Å²) >= 11 is 1.52. The van der Waals surface area contributed by atoms with E-state index in [1.165, 1.54) is 11.3 Å². The summed E-state index contributed by atoms with van der Waals surface area (Å²) in [6.07, 6.45) is 0. The molecule has 0 spiro atoms. The van der Waals surface area contributed by atoms with E-state index in [0.717, 1.165) is 16.3 Å². The van der Waals surface area contributed by atoms with Crippen LogP contribution in [0.5, 0.6) is 0 Å². The predicted octanol–water partition coefficient (Wildman–Crippen LogP) is 4.38. The van der Waals surface area contributed by atoms with E-state index in [1.54, 1.807) is 13.8 Å². The predicted molar refractivity (Wildman–Crippen MR) is 107 cm³/mol. The summed E-state index contributed by atoms with van der Waals surface area (Å²) in [5.41, 5.74) is 2.62. The van der Waals surface area contributed by atoms with Crippen LogP contribution >= 0.6 is 11.3 Å². The van der Waals surface area contributed by atoms with Crippen molar-refractivity contribution in [2.45, 2.75) is 47.5 Å². The van der Waals surface area contributed by atoms with E-state index in [1.807, 2.05) is 45.2 Å². The zero-order valence-corrected chi connectivity index (χ0v) is 17.7. The highest BCUT2D eigenvalue weighted by molar-refractivity contribution is 7.10. The standard InChI is InChI=1S/C21H29NO4S/c1-7-25-20(23)16-15(14-10-9-11-27-14)17(21(24)26-8-2)19(13(5)6)22-18(16)12(3)4/h9-13,15,22H,7-8H2,1-6H3. The number of allylic oxidation sites excluding steroid dienone is 2. The van der Waals surface area contributed by atoms with Crippen molar-refractivity contribution >= 4 is 23.3 Å². The van der Waals surface area contributed by atoms with Gasteiger partial charge in [0.2, 0.25) is 0 Å². The summed E-state index contributed by atoms with van der Waals surface area (Å²) in [6.45, 7) is 12.2. The number of carbonyl (C=O) groups excluding carboxylic acids is 2. The van der Waals surface area contributed by atoms with Crippen molar-refractivity contribution in [3.8, 4) is 0 Å². The highest BCUT2D eigenvalue weighted by Crippen LogP contribution is 2.43. The molecule has 0 aliphatic carbocycles. The summed E-state index contributed by atoms with van der Waals surface area (Å²) in [5, 5.41) is 5.34. The normalized spacial score (nSPS) is 15.4. The summed E-state index contributed by atoms with van der Waals surface area (Å²) in [4.78, 5) is 26.8. The van der Waals surface area contributed by atoms with E-state index in [4.69, 9.17) is 9.47 Å². The van der Waals surface area contributed by atoms with Crippen LogP contribution in [0.1, 0.15) is 52.3 Å². The zero-order chi connectivity index (χ0) is 20.1. The van der Waals surface area contributed by atoms with Crippen LogP contribution in [-0.2, 0) is 19.1 Å². The molecule has 1 aliphatic rings. The zero-order valence-electron chi connectivity index (χ0n) is 16.9. The highest BCUT2D eigenvalue weighted by atomic mass is 32.1. The molecule has 1 aliphatic heterocycles. The van der Waals surface area contributed by atoms with E-state index in [9.17, 15) is 9.59 Å². The molecule has 148 valence electrons. The minimum atomic E-state index is -0.487. The van der Waals surface area contributed by atoms with Crippen molar-refractivity contribution in [1.82, 2.24) is 5.32 Å². The van der Waals surface area contributed by atoms with Gasteiger partial charge in [-0.15, -0.1) is 11.3 Å². The van der Waals surface area contributed by atoms with Gasteiger partial charge in [0.15, 0.2) is 0 Å². The maximum Gasteiger partial charge on any atom is 0.336 e. The van der Waals surface area contributed by atoms with Gasteiger partial charge in [0.1, 0.15) is 0 Å². The summed E-state index contributed by atoms with van der Waals surface area (Å²) < 4.78 is 10.7. The second-order valence-electron chi connectivity index (χ2n) is 6.98. The SMILES string of the molecule is CCOC(=O)C1=C(C(C)C)NC(C(C)C)=C(C(=O)OCC)C1c1cccs1. The molecule has 0 unspecified atom stereocenters. The van der Waals surface area contributed by atoms with Gasteiger partial charge < -0.3 is 14.8 Å². The van der Waals surface area contributed by atoms with Crippen molar-refractivity contribution in [3.05, 3.63) is 44.9 Å². The molecule has 27 heavy (non-hydrogen) atoms. The van der Waals surface area contributed by atoms with Crippen LogP contribution < -0.4 is 5.32 Å². The Morgan fingerprint density at radius 2 is 1.48 bits per heavy atom. The molecule has 0 bridgehead atoms. The van der Waals surface area contributed by atoms with Gasteiger partial charge in [0, 0.05) is 16.3 Å². The highest BCUT2D eigenvalue weighted by Gasteiger charge is 2.41. The van der Waals surface area contributed by atoms with Crippen LogP contribution in [0.2, 0.25) is 0 Å². The van der Waals surface area contributed by atoms with E-state index in [2.05, 4.69) is 5.32 Å². The Kier molecular flexibility index (Phi) is 7.25. The Morgan fingerprint density at radius 3 is 1.81 bits per heavy atom. The van der Waals surface area contributed by atoms with Gasteiger partial charge >= 0.3 is 11.9 Å². The van der Waals surface area contributed by atoms with Crippen LogP contribution in [-0.4, -0.2) is 25.2 Å².